The Bertz CT molecular complexity index is 871. The zero-order valence-electron chi connectivity index (χ0n) is 14.6. The van der Waals surface area contributed by atoms with Crippen LogP contribution in [0.4, 0.5) is 5.69 Å². The standard InChI is InChI=1S/C23H23NO/c1-2-25-21-15-14-18-11-8-16-24-23(18)22(21)20-13-7-6-12-19(20)17-9-4-3-5-10-17/h3-7,9-10,12-15,24H,2,8,11,16H2,1H3. The fourth-order valence-electron chi connectivity index (χ4n) is 3.64. The molecule has 3 aromatic rings. The summed E-state index contributed by atoms with van der Waals surface area (Å²) in [5.74, 6) is 0.957. The Kier molecular flexibility index (Phi) is 4.43. The Morgan fingerprint density at radius 2 is 1.64 bits per heavy atom. The van der Waals surface area contributed by atoms with Crippen molar-refractivity contribution < 1.29 is 4.74 Å². The molecule has 0 fully saturated rings. The molecule has 0 saturated carbocycles. The summed E-state index contributed by atoms with van der Waals surface area (Å²) >= 11 is 0. The number of rotatable bonds is 4. The second kappa shape index (κ2) is 7.02. The first-order valence-corrected chi connectivity index (χ1v) is 9.06. The molecule has 2 nitrogen and oxygen atoms in total. The third-order valence-corrected chi connectivity index (χ3v) is 4.76. The normalized spacial score (nSPS) is 13.0. The van der Waals surface area contributed by atoms with Gasteiger partial charge in [0.05, 0.1) is 6.61 Å². The van der Waals surface area contributed by atoms with E-state index in [2.05, 4.69) is 72.0 Å². The molecule has 0 radical (unpaired) electrons. The first kappa shape index (κ1) is 15.8. The monoisotopic (exact) mass is 329 g/mol. The van der Waals surface area contributed by atoms with Gasteiger partial charge in [0, 0.05) is 17.8 Å². The van der Waals surface area contributed by atoms with E-state index in [0.29, 0.717) is 6.61 Å². The molecule has 1 N–H and O–H groups in total. The van der Waals surface area contributed by atoms with Crippen LogP contribution in [-0.2, 0) is 6.42 Å². The topological polar surface area (TPSA) is 21.3 Å². The lowest BCUT2D eigenvalue weighted by molar-refractivity contribution is 0.341. The van der Waals surface area contributed by atoms with E-state index in [1.165, 1.54) is 39.9 Å². The van der Waals surface area contributed by atoms with Crippen molar-refractivity contribution in [1.29, 1.82) is 0 Å². The molecule has 0 bridgehead atoms. The first-order chi connectivity index (χ1) is 12.4. The number of fused-ring (bicyclic) bond motifs is 1. The number of benzene rings is 3. The molecule has 1 aliphatic heterocycles. The molecule has 2 heteroatoms. The average molecular weight is 329 g/mol. The molecule has 0 amide bonds. The zero-order chi connectivity index (χ0) is 17.1. The van der Waals surface area contributed by atoms with Crippen molar-refractivity contribution in [2.45, 2.75) is 19.8 Å². The molecule has 1 heterocycles. The summed E-state index contributed by atoms with van der Waals surface area (Å²) in [6, 6.07) is 23.5. The van der Waals surface area contributed by atoms with Gasteiger partial charge < -0.3 is 10.1 Å². The van der Waals surface area contributed by atoms with Gasteiger partial charge in [0.15, 0.2) is 0 Å². The zero-order valence-corrected chi connectivity index (χ0v) is 14.6. The predicted octanol–water partition coefficient (Wildman–Crippen LogP) is 5.78. The lowest BCUT2D eigenvalue weighted by Crippen LogP contribution is -2.13. The van der Waals surface area contributed by atoms with Crippen LogP contribution in [0.2, 0.25) is 0 Å². The summed E-state index contributed by atoms with van der Waals surface area (Å²) in [4.78, 5) is 0. The maximum absolute atomic E-state index is 6.01. The highest BCUT2D eigenvalue weighted by atomic mass is 16.5. The van der Waals surface area contributed by atoms with E-state index in [4.69, 9.17) is 4.74 Å². The third kappa shape index (κ3) is 3.00. The third-order valence-electron chi connectivity index (χ3n) is 4.76. The minimum Gasteiger partial charge on any atom is -0.493 e. The van der Waals surface area contributed by atoms with Gasteiger partial charge in [-0.1, -0.05) is 60.7 Å². The lowest BCUT2D eigenvalue weighted by Gasteiger charge is -2.25. The van der Waals surface area contributed by atoms with E-state index in [9.17, 15) is 0 Å². The first-order valence-electron chi connectivity index (χ1n) is 9.06. The quantitative estimate of drug-likeness (QED) is 0.655. The van der Waals surface area contributed by atoms with Crippen molar-refractivity contribution in [3.63, 3.8) is 0 Å². The molecule has 25 heavy (non-hydrogen) atoms. The average Bonchev–Trinajstić information content (AvgIpc) is 2.69. The van der Waals surface area contributed by atoms with Crippen molar-refractivity contribution in [2.24, 2.45) is 0 Å². The molecule has 0 saturated heterocycles. The molecule has 4 rings (SSSR count). The largest absolute Gasteiger partial charge is 0.493 e. The second-order valence-electron chi connectivity index (χ2n) is 6.35. The van der Waals surface area contributed by atoms with Crippen molar-refractivity contribution in [3.8, 4) is 28.0 Å². The van der Waals surface area contributed by atoms with E-state index >= 15 is 0 Å². The van der Waals surface area contributed by atoms with E-state index in [0.717, 1.165) is 18.7 Å². The summed E-state index contributed by atoms with van der Waals surface area (Å²) in [5, 5.41) is 3.63. The van der Waals surface area contributed by atoms with Gasteiger partial charge >= 0.3 is 0 Å². The van der Waals surface area contributed by atoms with E-state index in [-0.39, 0.29) is 0 Å². The van der Waals surface area contributed by atoms with E-state index in [1.54, 1.807) is 0 Å². The second-order valence-corrected chi connectivity index (χ2v) is 6.35. The van der Waals surface area contributed by atoms with Gasteiger partial charge in [-0.2, -0.15) is 0 Å². The van der Waals surface area contributed by atoms with Crippen molar-refractivity contribution in [2.75, 3.05) is 18.5 Å². The smallest absolute Gasteiger partial charge is 0.129 e. The minimum atomic E-state index is 0.666. The van der Waals surface area contributed by atoms with Crippen LogP contribution >= 0.6 is 0 Å². The van der Waals surface area contributed by atoms with Gasteiger partial charge in [-0.25, -0.2) is 0 Å². The molecule has 3 aromatic carbocycles. The molecule has 0 atom stereocenters. The van der Waals surface area contributed by atoms with Gasteiger partial charge in [-0.15, -0.1) is 0 Å². The maximum Gasteiger partial charge on any atom is 0.129 e. The molecular weight excluding hydrogens is 306 g/mol. The number of anilines is 1. The fourth-order valence-corrected chi connectivity index (χ4v) is 3.64. The molecule has 1 aliphatic rings. The number of aryl methyl sites for hydroxylation is 1. The highest BCUT2D eigenvalue weighted by molar-refractivity contribution is 5.93. The van der Waals surface area contributed by atoms with Gasteiger partial charge in [0.1, 0.15) is 5.75 Å². The molecule has 0 aromatic heterocycles. The Balaban J connectivity index is 1.96. The summed E-state index contributed by atoms with van der Waals surface area (Å²) in [7, 11) is 0. The molecule has 126 valence electrons. The van der Waals surface area contributed by atoms with Gasteiger partial charge in [-0.05, 0) is 48.1 Å². The SMILES string of the molecule is CCOc1ccc2c(c1-c1ccccc1-c1ccccc1)NCCC2. The van der Waals surface area contributed by atoms with Gasteiger partial charge in [0.2, 0.25) is 0 Å². The van der Waals surface area contributed by atoms with Crippen LogP contribution < -0.4 is 10.1 Å². The van der Waals surface area contributed by atoms with Crippen molar-refractivity contribution in [3.05, 3.63) is 72.3 Å². The van der Waals surface area contributed by atoms with Gasteiger partial charge in [-0.3, -0.25) is 0 Å². The summed E-state index contributed by atoms with van der Waals surface area (Å²) in [5.41, 5.74) is 7.51. The summed E-state index contributed by atoms with van der Waals surface area (Å²) in [6.07, 6.45) is 2.30. The van der Waals surface area contributed by atoms with E-state index < -0.39 is 0 Å². The number of ether oxygens (including phenoxy) is 1. The Morgan fingerprint density at radius 1 is 0.880 bits per heavy atom. The fraction of sp³-hybridized carbons (Fsp3) is 0.217. The predicted molar refractivity (Wildman–Crippen MR) is 105 cm³/mol. The maximum atomic E-state index is 6.01. The lowest BCUT2D eigenvalue weighted by atomic mass is 9.89. The van der Waals surface area contributed by atoms with E-state index in [1.807, 2.05) is 6.92 Å². The molecule has 0 spiro atoms. The summed E-state index contributed by atoms with van der Waals surface area (Å²) < 4.78 is 6.01. The van der Waals surface area contributed by atoms with Crippen LogP contribution in [0.5, 0.6) is 5.75 Å². The Morgan fingerprint density at radius 3 is 2.44 bits per heavy atom. The molecule has 0 unspecified atom stereocenters. The number of hydrogen-bond donors (Lipinski definition) is 1. The summed E-state index contributed by atoms with van der Waals surface area (Å²) in [6.45, 7) is 3.72. The van der Waals surface area contributed by atoms with Crippen molar-refractivity contribution >= 4 is 5.69 Å². The van der Waals surface area contributed by atoms with Crippen molar-refractivity contribution in [1.82, 2.24) is 0 Å². The van der Waals surface area contributed by atoms with Crippen LogP contribution in [-0.4, -0.2) is 13.2 Å². The van der Waals surface area contributed by atoms with Crippen LogP contribution in [0.1, 0.15) is 18.9 Å². The minimum absolute atomic E-state index is 0.666. The van der Waals surface area contributed by atoms with Crippen LogP contribution in [0, 0.1) is 0 Å². The van der Waals surface area contributed by atoms with Crippen LogP contribution in [0.15, 0.2) is 66.7 Å². The highest BCUT2D eigenvalue weighted by Gasteiger charge is 2.20. The Hall–Kier alpha value is -2.74. The van der Waals surface area contributed by atoms with Crippen LogP contribution in [0.3, 0.4) is 0 Å². The van der Waals surface area contributed by atoms with Crippen LogP contribution in [0.25, 0.3) is 22.3 Å². The molecular formula is C23H23NO. The Labute approximate surface area is 149 Å². The van der Waals surface area contributed by atoms with Gasteiger partial charge in [0.25, 0.3) is 0 Å². The number of hydrogen-bond acceptors (Lipinski definition) is 2. The molecule has 0 aliphatic carbocycles. The highest BCUT2D eigenvalue weighted by Crippen LogP contribution is 2.44. The number of nitrogens with one attached hydrogen (secondary N) is 1.